The molecule has 1 heterocycles. The lowest BCUT2D eigenvalue weighted by atomic mass is 10.2. The van der Waals surface area contributed by atoms with Crippen LogP contribution in [0.25, 0.3) is 0 Å². The lowest BCUT2D eigenvalue weighted by Crippen LogP contribution is -2.22. The van der Waals surface area contributed by atoms with Crippen molar-refractivity contribution < 1.29 is 4.79 Å². The minimum Gasteiger partial charge on any atom is -0.378 e. The molecule has 0 aliphatic carbocycles. The minimum absolute atomic E-state index is 0.0607. The molecule has 0 aliphatic heterocycles. The number of nitrogens with one attached hydrogen (secondary N) is 2. The number of aromatic amines is 1. The third-order valence-corrected chi connectivity index (χ3v) is 4.26. The van der Waals surface area contributed by atoms with Crippen LogP contribution >= 0.6 is 11.8 Å². The molecule has 1 aromatic carbocycles. The van der Waals surface area contributed by atoms with Gasteiger partial charge in [-0.2, -0.15) is 0 Å². The van der Waals surface area contributed by atoms with Gasteiger partial charge in [0.05, 0.1) is 5.25 Å². The lowest BCUT2D eigenvalue weighted by molar-refractivity contribution is -0.115. The second kappa shape index (κ2) is 8.01. The quantitative estimate of drug-likeness (QED) is 0.762. The number of hydrogen-bond donors (Lipinski definition) is 2. The Hall–Kier alpha value is -2.02. The van der Waals surface area contributed by atoms with Crippen LogP contribution in [-0.4, -0.2) is 40.4 Å². The highest BCUT2D eigenvalue weighted by molar-refractivity contribution is 8.00. The summed E-state index contributed by atoms with van der Waals surface area (Å²) >= 11 is 1.35. The van der Waals surface area contributed by atoms with E-state index in [1.54, 1.807) is 0 Å². The van der Waals surface area contributed by atoms with E-state index in [1.165, 1.54) is 11.8 Å². The van der Waals surface area contributed by atoms with Crippen molar-refractivity contribution in [2.24, 2.45) is 0 Å². The Labute approximate surface area is 141 Å². The van der Waals surface area contributed by atoms with Crippen LogP contribution in [0, 0.1) is 0 Å². The Kier molecular flexibility index (Phi) is 6.04. The Morgan fingerprint density at radius 3 is 2.65 bits per heavy atom. The van der Waals surface area contributed by atoms with E-state index in [0.29, 0.717) is 5.16 Å². The normalized spacial score (nSPS) is 12.0. The first kappa shape index (κ1) is 17.3. The first-order valence-corrected chi connectivity index (χ1v) is 8.53. The fraction of sp³-hybridized carbons (Fsp3) is 0.438. The van der Waals surface area contributed by atoms with Crippen LogP contribution in [0.5, 0.6) is 0 Å². The average Bonchev–Trinajstić information content (AvgIpc) is 2.95. The largest absolute Gasteiger partial charge is 0.378 e. The molecule has 0 saturated carbocycles. The Morgan fingerprint density at radius 2 is 2.04 bits per heavy atom. The van der Waals surface area contributed by atoms with E-state index in [0.717, 1.165) is 30.0 Å². The summed E-state index contributed by atoms with van der Waals surface area (Å²) in [5, 5.41) is 10.3. The lowest BCUT2D eigenvalue weighted by Gasteiger charge is -2.14. The van der Waals surface area contributed by atoms with Gasteiger partial charge in [-0.25, -0.2) is 4.98 Å². The van der Waals surface area contributed by atoms with E-state index < -0.39 is 0 Å². The summed E-state index contributed by atoms with van der Waals surface area (Å²) in [6.45, 7) is 3.94. The number of amides is 1. The highest BCUT2D eigenvalue weighted by Gasteiger charge is 2.17. The topological polar surface area (TPSA) is 73.9 Å². The summed E-state index contributed by atoms with van der Waals surface area (Å²) in [4.78, 5) is 18.6. The molecular formula is C16H23N5OS. The monoisotopic (exact) mass is 333 g/mol. The maximum absolute atomic E-state index is 12.3. The van der Waals surface area contributed by atoms with Crippen LogP contribution in [0.1, 0.15) is 26.1 Å². The van der Waals surface area contributed by atoms with E-state index in [4.69, 9.17) is 0 Å². The highest BCUT2D eigenvalue weighted by Crippen LogP contribution is 2.21. The van der Waals surface area contributed by atoms with E-state index in [9.17, 15) is 4.79 Å². The van der Waals surface area contributed by atoms with Crippen molar-refractivity contribution in [2.45, 2.75) is 37.1 Å². The van der Waals surface area contributed by atoms with Crippen LogP contribution in [0.2, 0.25) is 0 Å². The van der Waals surface area contributed by atoms with E-state index >= 15 is 0 Å². The van der Waals surface area contributed by atoms with Crippen molar-refractivity contribution in [3.05, 3.63) is 30.1 Å². The Bertz CT molecular complexity index is 638. The number of thioether (sulfide) groups is 1. The van der Waals surface area contributed by atoms with Gasteiger partial charge in [-0.3, -0.25) is 9.89 Å². The van der Waals surface area contributed by atoms with Gasteiger partial charge < -0.3 is 10.2 Å². The number of rotatable bonds is 7. The van der Waals surface area contributed by atoms with Gasteiger partial charge in [0.2, 0.25) is 11.1 Å². The molecule has 7 heteroatoms. The maximum Gasteiger partial charge on any atom is 0.237 e. The first-order chi connectivity index (χ1) is 11.0. The third-order valence-electron chi connectivity index (χ3n) is 3.30. The van der Waals surface area contributed by atoms with Crippen molar-refractivity contribution >= 4 is 29.0 Å². The van der Waals surface area contributed by atoms with Gasteiger partial charge in [0.1, 0.15) is 5.82 Å². The van der Waals surface area contributed by atoms with Gasteiger partial charge in [0.25, 0.3) is 0 Å². The zero-order valence-corrected chi connectivity index (χ0v) is 14.8. The van der Waals surface area contributed by atoms with Crippen molar-refractivity contribution in [1.82, 2.24) is 15.2 Å². The zero-order chi connectivity index (χ0) is 16.8. The van der Waals surface area contributed by atoms with Crippen molar-refractivity contribution in [3.63, 3.8) is 0 Å². The Morgan fingerprint density at radius 1 is 1.35 bits per heavy atom. The number of carbonyl (C=O) groups excluding carboxylic acids is 1. The fourth-order valence-electron chi connectivity index (χ4n) is 1.98. The van der Waals surface area contributed by atoms with Gasteiger partial charge in [-0.15, -0.1) is 5.10 Å². The van der Waals surface area contributed by atoms with Gasteiger partial charge >= 0.3 is 0 Å². The number of aryl methyl sites for hydroxylation is 1. The molecule has 1 aromatic heterocycles. The van der Waals surface area contributed by atoms with E-state index in [-0.39, 0.29) is 11.2 Å². The van der Waals surface area contributed by atoms with Gasteiger partial charge in [0.15, 0.2) is 0 Å². The first-order valence-electron chi connectivity index (χ1n) is 7.65. The molecule has 2 aromatic rings. The van der Waals surface area contributed by atoms with Crippen molar-refractivity contribution in [2.75, 3.05) is 24.3 Å². The predicted molar refractivity (Wildman–Crippen MR) is 95.1 cm³/mol. The molecule has 0 bridgehead atoms. The molecule has 0 saturated heterocycles. The SMILES string of the molecule is CCCc1nc(S[C@H](C)C(=O)Nc2ccc(N(C)C)cc2)n[nH]1. The van der Waals surface area contributed by atoms with Crippen molar-refractivity contribution in [3.8, 4) is 0 Å². The zero-order valence-electron chi connectivity index (χ0n) is 14.0. The van der Waals surface area contributed by atoms with Crippen LogP contribution < -0.4 is 10.2 Å². The molecule has 0 radical (unpaired) electrons. The number of hydrogen-bond acceptors (Lipinski definition) is 5. The number of carbonyl (C=O) groups is 1. The molecule has 124 valence electrons. The molecular weight excluding hydrogens is 310 g/mol. The van der Waals surface area contributed by atoms with Crippen LogP contribution in [0.4, 0.5) is 11.4 Å². The Balaban J connectivity index is 1.91. The van der Waals surface area contributed by atoms with Crippen LogP contribution in [0.3, 0.4) is 0 Å². The molecule has 0 aliphatic rings. The number of anilines is 2. The molecule has 0 spiro atoms. The number of nitrogens with zero attached hydrogens (tertiary/aromatic N) is 3. The maximum atomic E-state index is 12.3. The highest BCUT2D eigenvalue weighted by atomic mass is 32.2. The average molecular weight is 333 g/mol. The van der Waals surface area contributed by atoms with E-state index in [2.05, 4.69) is 27.4 Å². The predicted octanol–water partition coefficient (Wildman–Crippen LogP) is 2.94. The second-order valence-corrected chi connectivity index (χ2v) is 6.81. The van der Waals surface area contributed by atoms with E-state index in [1.807, 2.05) is 50.2 Å². The smallest absolute Gasteiger partial charge is 0.237 e. The van der Waals surface area contributed by atoms with Gasteiger partial charge in [-0.05, 0) is 37.6 Å². The summed E-state index contributed by atoms with van der Waals surface area (Å²) in [5.74, 6) is 0.802. The van der Waals surface area contributed by atoms with Gasteiger partial charge in [0, 0.05) is 31.9 Å². The van der Waals surface area contributed by atoms with Crippen molar-refractivity contribution in [1.29, 1.82) is 0 Å². The second-order valence-electron chi connectivity index (χ2n) is 5.51. The minimum atomic E-state index is -0.270. The molecule has 23 heavy (non-hydrogen) atoms. The van der Waals surface area contributed by atoms with Crippen LogP contribution in [0.15, 0.2) is 29.4 Å². The molecule has 1 amide bonds. The summed E-state index contributed by atoms with van der Waals surface area (Å²) < 4.78 is 0. The third kappa shape index (κ3) is 4.99. The molecule has 2 N–H and O–H groups in total. The summed E-state index contributed by atoms with van der Waals surface area (Å²) in [7, 11) is 3.96. The molecule has 1 atom stereocenters. The summed E-state index contributed by atoms with van der Waals surface area (Å²) in [5.41, 5.74) is 1.88. The molecule has 0 fully saturated rings. The number of benzene rings is 1. The van der Waals surface area contributed by atoms with Crippen LogP contribution in [-0.2, 0) is 11.2 Å². The number of aromatic nitrogens is 3. The standard InChI is InChI=1S/C16H23N5OS/c1-5-6-14-18-16(20-19-14)23-11(2)15(22)17-12-7-9-13(10-8-12)21(3)4/h7-11H,5-6H2,1-4H3,(H,17,22)(H,18,19,20)/t11-/m1/s1. The summed E-state index contributed by atoms with van der Waals surface area (Å²) in [6.07, 6.45) is 1.88. The van der Waals surface area contributed by atoms with Gasteiger partial charge in [-0.1, -0.05) is 18.7 Å². The number of H-pyrrole nitrogens is 1. The molecule has 0 unspecified atom stereocenters. The molecule has 6 nitrogen and oxygen atoms in total. The fourth-order valence-corrected chi connectivity index (χ4v) is 2.72. The summed E-state index contributed by atoms with van der Waals surface area (Å²) in [6, 6.07) is 7.74. The molecule has 2 rings (SSSR count).